The molecule has 1 saturated heterocycles. The Labute approximate surface area is 109 Å². The molecule has 0 aromatic carbocycles. The first-order valence-electron chi connectivity index (χ1n) is 6.17. The average Bonchev–Trinajstić information content (AvgIpc) is 2.59. The number of hydrogen-bond donors (Lipinski definition) is 1. The van der Waals surface area contributed by atoms with Gasteiger partial charge in [-0.15, -0.1) is 0 Å². The molecule has 1 atom stereocenters. The van der Waals surface area contributed by atoms with Crippen LogP contribution in [0.15, 0.2) is 12.2 Å². The molecule has 1 N–H and O–H groups in total. The monoisotopic (exact) mass is 270 g/mol. The van der Waals surface area contributed by atoms with Crippen LogP contribution in [-0.2, 0) is 9.53 Å². The lowest BCUT2D eigenvalue weighted by Gasteiger charge is -2.22. The summed E-state index contributed by atoms with van der Waals surface area (Å²) in [6.45, 7) is 6.88. The highest BCUT2D eigenvalue weighted by Crippen LogP contribution is 2.19. The molecular weight excluding hydrogens is 248 g/mol. The third-order valence-electron chi connectivity index (χ3n) is 2.74. The summed E-state index contributed by atoms with van der Waals surface area (Å²) in [4.78, 5) is 22.8. The van der Waals surface area contributed by atoms with Crippen LogP contribution in [0.2, 0.25) is 25.7 Å². The molecule has 18 heavy (non-hydrogen) atoms. The smallest absolute Gasteiger partial charge is 0.425 e. The van der Waals surface area contributed by atoms with Gasteiger partial charge in [0, 0.05) is 14.5 Å². The van der Waals surface area contributed by atoms with Crippen molar-refractivity contribution in [2.45, 2.75) is 44.6 Å². The Morgan fingerprint density at radius 3 is 2.78 bits per heavy atom. The number of carbonyl (C=O) groups excluding carboxylic acids is 2. The SMILES string of the molecule is COC(=O)NN1C(=O)CCC1/C=C\C[Si](C)(C)C. The Morgan fingerprint density at radius 1 is 1.56 bits per heavy atom. The number of methoxy groups -OCH3 is 1. The van der Waals surface area contributed by atoms with Crippen LogP contribution >= 0.6 is 0 Å². The van der Waals surface area contributed by atoms with Crippen molar-refractivity contribution >= 4 is 20.1 Å². The minimum absolute atomic E-state index is 0.0482. The first-order valence-corrected chi connectivity index (χ1v) is 9.87. The van der Waals surface area contributed by atoms with Crippen LogP contribution in [0.5, 0.6) is 0 Å². The Balaban J connectivity index is 2.58. The predicted molar refractivity (Wildman–Crippen MR) is 72.7 cm³/mol. The van der Waals surface area contributed by atoms with Crippen LogP contribution in [-0.4, -0.2) is 38.2 Å². The number of rotatable bonds is 4. The van der Waals surface area contributed by atoms with Gasteiger partial charge in [-0.05, 0) is 12.5 Å². The molecule has 6 heteroatoms. The number of allylic oxidation sites excluding steroid dienone is 1. The van der Waals surface area contributed by atoms with Gasteiger partial charge in [0.15, 0.2) is 0 Å². The normalized spacial score (nSPS) is 20.6. The topological polar surface area (TPSA) is 58.6 Å². The Morgan fingerprint density at radius 2 is 2.22 bits per heavy atom. The summed E-state index contributed by atoms with van der Waals surface area (Å²) in [6, 6.07) is 1.02. The van der Waals surface area contributed by atoms with E-state index in [-0.39, 0.29) is 11.9 Å². The molecule has 0 spiro atoms. The van der Waals surface area contributed by atoms with Gasteiger partial charge in [-0.25, -0.2) is 15.2 Å². The molecule has 1 aliphatic rings. The Hall–Kier alpha value is -1.30. The highest BCUT2D eigenvalue weighted by atomic mass is 28.3. The van der Waals surface area contributed by atoms with Crippen molar-refractivity contribution in [3.05, 3.63) is 12.2 Å². The lowest BCUT2D eigenvalue weighted by atomic mass is 10.2. The number of hydrazine groups is 1. The van der Waals surface area contributed by atoms with E-state index in [1.165, 1.54) is 12.1 Å². The van der Waals surface area contributed by atoms with Gasteiger partial charge in [-0.1, -0.05) is 31.8 Å². The molecule has 0 bridgehead atoms. The summed E-state index contributed by atoms with van der Waals surface area (Å²) in [5.74, 6) is -0.0666. The fourth-order valence-corrected chi connectivity index (χ4v) is 2.60. The largest absolute Gasteiger partial charge is 0.452 e. The van der Waals surface area contributed by atoms with Crippen LogP contribution < -0.4 is 5.43 Å². The lowest BCUT2D eigenvalue weighted by molar-refractivity contribution is -0.130. The van der Waals surface area contributed by atoms with E-state index in [4.69, 9.17) is 0 Å². The highest BCUT2D eigenvalue weighted by molar-refractivity contribution is 6.76. The number of nitrogens with zero attached hydrogens (tertiary/aromatic N) is 1. The van der Waals surface area contributed by atoms with E-state index in [1.54, 1.807) is 0 Å². The summed E-state index contributed by atoms with van der Waals surface area (Å²) >= 11 is 0. The number of hydrogen-bond acceptors (Lipinski definition) is 3. The molecule has 102 valence electrons. The van der Waals surface area contributed by atoms with Gasteiger partial charge in [0.2, 0.25) is 5.91 Å². The summed E-state index contributed by atoms with van der Waals surface area (Å²) in [5.41, 5.74) is 2.46. The molecule has 2 amide bonds. The maximum Gasteiger partial charge on any atom is 0.425 e. The molecule has 0 saturated carbocycles. The molecule has 1 fully saturated rings. The number of nitrogens with one attached hydrogen (secondary N) is 1. The third-order valence-corrected chi connectivity index (χ3v) is 4.20. The number of ether oxygens (including phenoxy) is 1. The third kappa shape index (κ3) is 4.52. The first-order chi connectivity index (χ1) is 8.33. The van der Waals surface area contributed by atoms with Crippen molar-refractivity contribution in [2.24, 2.45) is 0 Å². The van der Waals surface area contributed by atoms with Crippen LogP contribution in [0.3, 0.4) is 0 Å². The minimum atomic E-state index is -1.11. The molecule has 0 radical (unpaired) electrons. The van der Waals surface area contributed by atoms with Crippen molar-refractivity contribution in [2.75, 3.05) is 7.11 Å². The lowest BCUT2D eigenvalue weighted by Crippen LogP contribution is -2.46. The maximum absolute atomic E-state index is 11.6. The summed E-state index contributed by atoms with van der Waals surface area (Å²) < 4.78 is 4.51. The molecule has 1 heterocycles. The van der Waals surface area contributed by atoms with Crippen molar-refractivity contribution < 1.29 is 14.3 Å². The summed E-state index contributed by atoms with van der Waals surface area (Å²) in [7, 11) is 0.174. The van der Waals surface area contributed by atoms with E-state index in [0.717, 1.165) is 12.5 Å². The van der Waals surface area contributed by atoms with Gasteiger partial charge in [-0.2, -0.15) is 0 Å². The fraction of sp³-hybridized carbons (Fsp3) is 0.667. The van der Waals surface area contributed by atoms with E-state index in [0.29, 0.717) is 6.42 Å². The van der Waals surface area contributed by atoms with E-state index in [9.17, 15) is 9.59 Å². The van der Waals surface area contributed by atoms with Crippen LogP contribution in [0.1, 0.15) is 12.8 Å². The van der Waals surface area contributed by atoms with E-state index in [2.05, 4.69) is 35.9 Å². The van der Waals surface area contributed by atoms with Crippen molar-refractivity contribution in [3.63, 3.8) is 0 Å². The second-order valence-electron chi connectivity index (χ2n) is 5.67. The standard InChI is InChI=1S/C12H22N2O3Si/c1-17-12(16)13-14-10(7-8-11(14)15)6-5-9-18(2,3)4/h5-6,10H,7-9H2,1-4H3,(H,13,16)/b6-5-. The van der Waals surface area contributed by atoms with Gasteiger partial charge >= 0.3 is 6.09 Å². The molecule has 5 nitrogen and oxygen atoms in total. The van der Waals surface area contributed by atoms with Crippen LogP contribution in [0.4, 0.5) is 4.79 Å². The molecule has 0 aromatic heterocycles. The molecule has 1 aliphatic heterocycles. The van der Waals surface area contributed by atoms with Crippen molar-refractivity contribution in [3.8, 4) is 0 Å². The van der Waals surface area contributed by atoms with Crippen LogP contribution in [0.25, 0.3) is 0 Å². The van der Waals surface area contributed by atoms with E-state index < -0.39 is 14.2 Å². The van der Waals surface area contributed by atoms with E-state index in [1.807, 2.05) is 6.08 Å². The molecule has 0 aromatic rings. The second-order valence-corrected chi connectivity index (χ2v) is 11.2. The van der Waals surface area contributed by atoms with Crippen molar-refractivity contribution in [1.82, 2.24) is 10.4 Å². The van der Waals surface area contributed by atoms with Crippen LogP contribution in [0, 0.1) is 0 Å². The summed E-state index contributed by atoms with van der Waals surface area (Å²) in [6.07, 6.45) is 4.74. The highest BCUT2D eigenvalue weighted by Gasteiger charge is 2.30. The molecule has 1 unspecified atom stereocenters. The summed E-state index contributed by atoms with van der Waals surface area (Å²) in [5, 5.41) is 1.37. The first kappa shape index (κ1) is 14.8. The molecular formula is C12H22N2O3Si. The van der Waals surface area contributed by atoms with Gasteiger partial charge in [0.05, 0.1) is 13.2 Å². The zero-order chi connectivity index (χ0) is 13.8. The van der Waals surface area contributed by atoms with Gasteiger partial charge in [0.1, 0.15) is 0 Å². The number of carbonyl (C=O) groups is 2. The second kappa shape index (κ2) is 6.04. The van der Waals surface area contributed by atoms with Gasteiger partial charge in [0.25, 0.3) is 0 Å². The fourth-order valence-electron chi connectivity index (χ4n) is 1.76. The predicted octanol–water partition coefficient (Wildman–Crippen LogP) is 2.14. The quantitative estimate of drug-likeness (QED) is 0.629. The van der Waals surface area contributed by atoms with Gasteiger partial charge < -0.3 is 4.74 Å². The zero-order valence-corrected chi connectivity index (χ0v) is 12.5. The Kier molecular flexibility index (Phi) is 4.95. The van der Waals surface area contributed by atoms with Gasteiger partial charge in [-0.3, -0.25) is 4.79 Å². The maximum atomic E-state index is 11.6. The number of amides is 2. The van der Waals surface area contributed by atoms with E-state index >= 15 is 0 Å². The molecule has 0 aliphatic carbocycles. The zero-order valence-electron chi connectivity index (χ0n) is 11.5. The molecule has 1 rings (SSSR count). The van der Waals surface area contributed by atoms with Crippen molar-refractivity contribution in [1.29, 1.82) is 0 Å². The minimum Gasteiger partial charge on any atom is -0.452 e. The Bertz CT molecular complexity index is 350. The average molecular weight is 270 g/mol.